The van der Waals surface area contributed by atoms with Gasteiger partial charge in [-0.05, 0) is 60.9 Å². The van der Waals surface area contributed by atoms with Gasteiger partial charge in [-0.1, -0.05) is 79.3 Å². The van der Waals surface area contributed by atoms with Gasteiger partial charge in [0.05, 0.1) is 25.7 Å². The minimum absolute atomic E-state index is 0.0106. The van der Waals surface area contributed by atoms with Crippen molar-refractivity contribution < 1.29 is 22.4 Å². The Morgan fingerprint density at radius 3 is 2.24 bits per heavy atom. The molecular formula is C29H31Cl3FN3O4S. The van der Waals surface area contributed by atoms with Crippen LogP contribution in [0, 0.1) is 5.82 Å². The zero-order chi connectivity index (χ0) is 30.2. The summed E-state index contributed by atoms with van der Waals surface area (Å²) < 4.78 is 42.4. The number of rotatable bonds is 13. The maximum Gasteiger partial charge on any atom is 0.264 e. The smallest absolute Gasteiger partial charge is 0.264 e. The predicted octanol–water partition coefficient (Wildman–Crippen LogP) is 6.70. The molecule has 12 heteroatoms. The van der Waals surface area contributed by atoms with Crippen molar-refractivity contribution in [1.29, 1.82) is 0 Å². The summed E-state index contributed by atoms with van der Waals surface area (Å²) in [6.45, 7) is 3.46. The van der Waals surface area contributed by atoms with Gasteiger partial charge in [0.2, 0.25) is 11.8 Å². The van der Waals surface area contributed by atoms with E-state index in [1.165, 1.54) is 23.1 Å². The lowest BCUT2D eigenvalue weighted by Crippen LogP contribution is -2.52. The van der Waals surface area contributed by atoms with Gasteiger partial charge in [0.15, 0.2) is 0 Å². The third-order valence-corrected chi connectivity index (χ3v) is 9.17. The summed E-state index contributed by atoms with van der Waals surface area (Å²) in [5.74, 6) is -1.76. The molecule has 1 N–H and O–H groups in total. The summed E-state index contributed by atoms with van der Waals surface area (Å²) >= 11 is 18.3. The number of unbranched alkanes of at least 4 members (excludes halogenated alkanes) is 1. The molecule has 0 saturated carbocycles. The Labute approximate surface area is 255 Å². The van der Waals surface area contributed by atoms with E-state index >= 15 is 0 Å². The van der Waals surface area contributed by atoms with Gasteiger partial charge in [-0.3, -0.25) is 13.9 Å². The minimum atomic E-state index is -4.30. The molecule has 3 aromatic carbocycles. The van der Waals surface area contributed by atoms with Crippen LogP contribution in [0.25, 0.3) is 0 Å². The first-order chi connectivity index (χ1) is 19.5. The molecule has 0 unspecified atom stereocenters. The van der Waals surface area contributed by atoms with Crippen molar-refractivity contribution in [3.05, 3.63) is 93.2 Å². The lowest BCUT2D eigenvalue weighted by Gasteiger charge is -2.33. The van der Waals surface area contributed by atoms with E-state index in [0.29, 0.717) is 17.1 Å². The summed E-state index contributed by atoms with van der Waals surface area (Å²) in [5, 5.41) is 3.15. The van der Waals surface area contributed by atoms with Crippen molar-refractivity contribution in [2.75, 3.05) is 17.4 Å². The van der Waals surface area contributed by atoms with Crippen molar-refractivity contribution in [2.45, 2.75) is 50.6 Å². The molecule has 2 amide bonds. The van der Waals surface area contributed by atoms with E-state index < -0.39 is 34.3 Å². The van der Waals surface area contributed by atoms with E-state index in [1.807, 2.05) is 6.92 Å². The van der Waals surface area contributed by atoms with Gasteiger partial charge in [-0.25, -0.2) is 12.8 Å². The number of sulfonamides is 1. The Kier molecular flexibility index (Phi) is 11.8. The molecule has 7 nitrogen and oxygen atoms in total. The molecule has 0 aliphatic heterocycles. The van der Waals surface area contributed by atoms with Crippen LogP contribution in [0.2, 0.25) is 15.1 Å². The Hall–Kier alpha value is -2.85. The third kappa shape index (κ3) is 8.35. The summed E-state index contributed by atoms with van der Waals surface area (Å²) in [7, 11) is -4.30. The second-order valence-corrected chi connectivity index (χ2v) is 12.3. The molecule has 220 valence electrons. The second kappa shape index (κ2) is 14.9. The minimum Gasteiger partial charge on any atom is -0.354 e. The zero-order valence-corrected chi connectivity index (χ0v) is 25.7. The number of halogens is 4. The van der Waals surface area contributed by atoms with Crippen LogP contribution in [-0.2, 0) is 26.2 Å². The molecule has 0 spiro atoms. The Balaban J connectivity index is 2.06. The van der Waals surface area contributed by atoms with Crippen molar-refractivity contribution in [3.63, 3.8) is 0 Å². The van der Waals surface area contributed by atoms with Crippen LogP contribution in [0.5, 0.6) is 0 Å². The van der Waals surface area contributed by atoms with E-state index in [-0.39, 0.29) is 39.5 Å². The van der Waals surface area contributed by atoms with Crippen molar-refractivity contribution in [3.8, 4) is 0 Å². The molecule has 0 radical (unpaired) electrons. The van der Waals surface area contributed by atoms with Gasteiger partial charge < -0.3 is 10.2 Å². The van der Waals surface area contributed by atoms with E-state index in [4.69, 9.17) is 34.8 Å². The molecule has 0 aliphatic carbocycles. The monoisotopic (exact) mass is 641 g/mol. The molecular weight excluding hydrogens is 612 g/mol. The summed E-state index contributed by atoms with van der Waals surface area (Å²) in [5.41, 5.74) is 0.582. The largest absolute Gasteiger partial charge is 0.354 e. The highest BCUT2D eigenvalue weighted by atomic mass is 35.5. The number of benzene rings is 3. The molecule has 41 heavy (non-hydrogen) atoms. The molecule has 0 aromatic heterocycles. The maximum atomic E-state index is 14.0. The molecule has 0 heterocycles. The highest BCUT2D eigenvalue weighted by Gasteiger charge is 2.34. The van der Waals surface area contributed by atoms with Gasteiger partial charge >= 0.3 is 0 Å². The SMILES string of the molecule is CCCCNC(=O)[C@@H](CC)N(Cc1ccc(Cl)c(Cl)c1)C(=O)CN(c1ccc(F)c(Cl)c1)S(=O)(=O)c1ccccc1. The Morgan fingerprint density at radius 1 is 0.927 bits per heavy atom. The lowest BCUT2D eigenvalue weighted by atomic mass is 10.1. The standard InChI is InChI=1S/C29H31Cl3FN3O4S/c1-3-5-15-34-29(38)27(4-2)35(18-20-11-13-23(30)24(31)16-20)28(37)19-36(21-12-14-26(33)25(32)17-21)41(39,40)22-9-7-6-8-10-22/h6-14,16-17,27H,3-5,15,18-19H2,1-2H3,(H,34,38)/t27-/m1/s1. The number of carbonyl (C=O) groups is 2. The molecule has 0 bridgehead atoms. The van der Waals surface area contributed by atoms with E-state index in [2.05, 4.69) is 5.32 Å². The number of nitrogens with one attached hydrogen (secondary N) is 1. The Bertz CT molecular complexity index is 1480. The van der Waals surface area contributed by atoms with E-state index in [0.717, 1.165) is 29.3 Å². The number of nitrogens with zero attached hydrogens (tertiary/aromatic N) is 2. The maximum absolute atomic E-state index is 14.0. The van der Waals surface area contributed by atoms with Gasteiger partial charge in [-0.15, -0.1) is 0 Å². The predicted molar refractivity (Wildman–Crippen MR) is 161 cm³/mol. The second-order valence-electron chi connectivity index (χ2n) is 9.26. The fourth-order valence-electron chi connectivity index (χ4n) is 4.15. The van der Waals surface area contributed by atoms with E-state index in [1.54, 1.807) is 43.3 Å². The normalized spacial score (nSPS) is 12.0. The van der Waals surface area contributed by atoms with E-state index in [9.17, 15) is 22.4 Å². The van der Waals surface area contributed by atoms with Crippen LogP contribution >= 0.6 is 34.8 Å². The van der Waals surface area contributed by atoms with Crippen molar-refractivity contribution >= 4 is 62.3 Å². The van der Waals surface area contributed by atoms with Gasteiger partial charge in [0.25, 0.3) is 10.0 Å². The van der Waals surface area contributed by atoms with Crippen LogP contribution in [0.4, 0.5) is 10.1 Å². The average molecular weight is 643 g/mol. The average Bonchev–Trinajstić information content (AvgIpc) is 2.95. The van der Waals surface area contributed by atoms with Crippen LogP contribution in [0.15, 0.2) is 71.6 Å². The quantitative estimate of drug-likeness (QED) is 0.210. The number of hydrogen-bond donors (Lipinski definition) is 1. The topological polar surface area (TPSA) is 86.8 Å². The Morgan fingerprint density at radius 2 is 1.63 bits per heavy atom. The number of anilines is 1. The first kappa shape index (κ1) is 32.7. The fourth-order valence-corrected chi connectivity index (χ4v) is 6.07. The summed E-state index contributed by atoms with van der Waals surface area (Å²) in [6.07, 6.45) is 1.89. The van der Waals surface area contributed by atoms with Crippen LogP contribution < -0.4 is 9.62 Å². The molecule has 0 aliphatic rings. The van der Waals surface area contributed by atoms with Gasteiger partial charge in [-0.2, -0.15) is 0 Å². The fraction of sp³-hybridized carbons (Fsp3) is 0.310. The van der Waals surface area contributed by atoms with Crippen LogP contribution in [0.1, 0.15) is 38.7 Å². The molecule has 1 atom stereocenters. The van der Waals surface area contributed by atoms with Crippen molar-refractivity contribution in [1.82, 2.24) is 10.2 Å². The van der Waals surface area contributed by atoms with Crippen LogP contribution in [0.3, 0.4) is 0 Å². The summed E-state index contributed by atoms with van der Waals surface area (Å²) in [4.78, 5) is 28.5. The third-order valence-electron chi connectivity index (χ3n) is 6.35. The summed E-state index contributed by atoms with van der Waals surface area (Å²) in [6, 6.07) is 14.9. The van der Waals surface area contributed by atoms with Gasteiger partial charge in [0.1, 0.15) is 18.4 Å². The highest BCUT2D eigenvalue weighted by molar-refractivity contribution is 7.92. The van der Waals surface area contributed by atoms with Gasteiger partial charge in [0, 0.05) is 13.1 Å². The zero-order valence-electron chi connectivity index (χ0n) is 22.6. The number of carbonyl (C=O) groups excluding carboxylic acids is 2. The van der Waals surface area contributed by atoms with Crippen LogP contribution in [-0.4, -0.2) is 44.3 Å². The molecule has 0 fully saturated rings. The molecule has 3 rings (SSSR count). The molecule has 0 saturated heterocycles. The lowest BCUT2D eigenvalue weighted by molar-refractivity contribution is -0.140. The highest BCUT2D eigenvalue weighted by Crippen LogP contribution is 2.29. The first-order valence-electron chi connectivity index (χ1n) is 13.0. The van der Waals surface area contributed by atoms with Crippen molar-refractivity contribution in [2.24, 2.45) is 0 Å². The number of amides is 2. The first-order valence-corrected chi connectivity index (χ1v) is 15.6. The molecule has 3 aromatic rings. The number of hydrogen-bond acceptors (Lipinski definition) is 4.